The van der Waals surface area contributed by atoms with Crippen molar-refractivity contribution < 1.29 is 9.32 Å². The first-order valence-electron chi connectivity index (χ1n) is 8.59. The minimum atomic E-state index is -0.0608. The van der Waals surface area contributed by atoms with Crippen LogP contribution in [0.1, 0.15) is 23.4 Å². The summed E-state index contributed by atoms with van der Waals surface area (Å²) >= 11 is 0. The SMILES string of the molecule is Cc1noc(C)c1CCC(=O)Nc1cccc(-c2ccc3nncn3n2)c1. The van der Waals surface area contributed by atoms with Crippen LogP contribution in [-0.2, 0) is 11.2 Å². The van der Waals surface area contributed by atoms with Crippen LogP contribution in [0, 0.1) is 13.8 Å². The molecule has 0 unspecified atom stereocenters. The average molecular weight is 362 g/mol. The first-order valence-corrected chi connectivity index (χ1v) is 8.59. The van der Waals surface area contributed by atoms with E-state index in [-0.39, 0.29) is 5.91 Å². The molecule has 0 spiro atoms. The van der Waals surface area contributed by atoms with E-state index in [1.807, 2.05) is 50.2 Å². The Kier molecular flexibility index (Phi) is 4.37. The summed E-state index contributed by atoms with van der Waals surface area (Å²) in [5.74, 6) is 0.701. The molecular weight excluding hydrogens is 344 g/mol. The molecular formula is C19H18N6O2. The molecule has 1 N–H and O–H groups in total. The van der Waals surface area contributed by atoms with E-state index in [0.29, 0.717) is 18.5 Å². The summed E-state index contributed by atoms with van der Waals surface area (Å²) in [5, 5.41) is 19.1. The maximum Gasteiger partial charge on any atom is 0.224 e. The molecule has 4 aromatic rings. The second kappa shape index (κ2) is 6.99. The fourth-order valence-electron chi connectivity index (χ4n) is 2.96. The van der Waals surface area contributed by atoms with Crippen LogP contribution in [0.4, 0.5) is 5.69 Å². The standard InChI is InChI=1S/C19H18N6O2/c1-12-16(13(2)27-24-12)6-9-19(26)21-15-5-3-4-14(10-15)17-7-8-18-22-20-11-25(18)23-17/h3-5,7-8,10-11H,6,9H2,1-2H3,(H,21,26). The van der Waals surface area contributed by atoms with Gasteiger partial charge in [0.15, 0.2) is 5.65 Å². The largest absolute Gasteiger partial charge is 0.361 e. The predicted octanol–water partition coefficient (Wildman–Crippen LogP) is 2.97. The average Bonchev–Trinajstić information content (AvgIpc) is 3.26. The zero-order chi connectivity index (χ0) is 18.8. The smallest absolute Gasteiger partial charge is 0.224 e. The molecule has 27 heavy (non-hydrogen) atoms. The number of benzene rings is 1. The number of hydrogen-bond donors (Lipinski definition) is 1. The first-order chi connectivity index (χ1) is 13.1. The number of aryl methyl sites for hydroxylation is 2. The van der Waals surface area contributed by atoms with Gasteiger partial charge in [-0.2, -0.15) is 9.61 Å². The maximum absolute atomic E-state index is 12.3. The molecule has 3 heterocycles. The Morgan fingerprint density at radius 2 is 2.11 bits per heavy atom. The van der Waals surface area contributed by atoms with E-state index < -0.39 is 0 Å². The van der Waals surface area contributed by atoms with Crippen molar-refractivity contribution in [3.63, 3.8) is 0 Å². The minimum absolute atomic E-state index is 0.0608. The molecule has 0 radical (unpaired) electrons. The number of nitrogens with one attached hydrogen (secondary N) is 1. The van der Waals surface area contributed by atoms with Crippen molar-refractivity contribution in [3.05, 3.63) is 59.7 Å². The summed E-state index contributed by atoms with van der Waals surface area (Å²) in [6.07, 6.45) is 2.51. The van der Waals surface area contributed by atoms with Gasteiger partial charge in [0.1, 0.15) is 12.1 Å². The molecule has 4 rings (SSSR count). The van der Waals surface area contributed by atoms with Gasteiger partial charge in [0.2, 0.25) is 5.91 Å². The molecule has 136 valence electrons. The quantitative estimate of drug-likeness (QED) is 0.586. The van der Waals surface area contributed by atoms with Gasteiger partial charge in [-0.15, -0.1) is 10.2 Å². The Balaban J connectivity index is 1.46. The molecule has 1 amide bonds. The third-order valence-electron chi connectivity index (χ3n) is 4.39. The summed E-state index contributed by atoms with van der Waals surface area (Å²) in [4.78, 5) is 12.3. The fourth-order valence-corrected chi connectivity index (χ4v) is 2.96. The fraction of sp³-hybridized carbons (Fsp3) is 0.211. The van der Waals surface area contributed by atoms with Crippen molar-refractivity contribution in [1.29, 1.82) is 0 Å². The highest BCUT2D eigenvalue weighted by Gasteiger charge is 2.12. The number of rotatable bonds is 5. The van der Waals surface area contributed by atoms with Crippen LogP contribution in [0.15, 0.2) is 47.2 Å². The van der Waals surface area contributed by atoms with Gasteiger partial charge in [0, 0.05) is 23.2 Å². The van der Waals surface area contributed by atoms with Crippen molar-refractivity contribution in [2.75, 3.05) is 5.32 Å². The lowest BCUT2D eigenvalue weighted by Gasteiger charge is -2.07. The molecule has 3 aromatic heterocycles. The van der Waals surface area contributed by atoms with E-state index in [0.717, 1.165) is 34.0 Å². The van der Waals surface area contributed by atoms with Crippen LogP contribution in [0.2, 0.25) is 0 Å². The zero-order valence-corrected chi connectivity index (χ0v) is 15.0. The number of carbonyl (C=O) groups is 1. The van der Waals surface area contributed by atoms with E-state index in [9.17, 15) is 4.79 Å². The number of hydrogen-bond acceptors (Lipinski definition) is 6. The lowest BCUT2D eigenvalue weighted by atomic mass is 10.1. The maximum atomic E-state index is 12.3. The lowest BCUT2D eigenvalue weighted by Crippen LogP contribution is -2.12. The van der Waals surface area contributed by atoms with Crippen molar-refractivity contribution in [2.45, 2.75) is 26.7 Å². The molecule has 0 aliphatic carbocycles. The monoisotopic (exact) mass is 362 g/mol. The number of nitrogens with zero attached hydrogens (tertiary/aromatic N) is 5. The number of aromatic nitrogens is 5. The summed E-state index contributed by atoms with van der Waals surface area (Å²) < 4.78 is 6.75. The molecule has 0 aliphatic heterocycles. The molecule has 0 saturated heterocycles. The molecule has 0 fully saturated rings. The highest BCUT2D eigenvalue weighted by molar-refractivity contribution is 5.91. The van der Waals surface area contributed by atoms with Crippen LogP contribution in [0.3, 0.4) is 0 Å². The van der Waals surface area contributed by atoms with Crippen LogP contribution < -0.4 is 5.32 Å². The second-order valence-corrected chi connectivity index (χ2v) is 6.28. The van der Waals surface area contributed by atoms with E-state index in [4.69, 9.17) is 4.52 Å². The molecule has 0 bridgehead atoms. The Hall–Kier alpha value is -3.55. The summed E-state index contributed by atoms with van der Waals surface area (Å²) in [7, 11) is 0. The number of carbonyl (C=O) groups excluding carboxylic acids is 1. The number of anilines is 1. The molecule has 1 aromatic carbocycles. The normalized spacial score (nSPS) is 11.0. The van der Waals surface area contributed by atoms with Crippen LogP contribution >= 0.6 is 0 Å². The van der Waals surface area contributed by atoms with Crippen LogP contribution in [0.25, 0.3) is 16.9 Å². The van der Waals surface area contributed by atoms with E-state index >= 15 is 0 Å². The van der Waals surface area contributed by atoms with Gasteiger partial charge < -0.3 is 9.84 Å². The second-order valence-electron chi connectivity index (χ2n) is 6.28. The summed E-state index contributed by atoms with van der Waals surface area (Å²) in [6, 6.07) is 11.3. The number of fused-ring (bicyclic) bond motifs is 1. The molecule has 0 atom stereocenters. The van der Waals surface area contributed by atoms with Gasteiger partial charge in [-0.25, -0.2) is 0 Å². The van der Waals surface area contributed by atoms with Crippen molar-refractivity contribution in [2.24, 2.45) is 0 Å². The van der Waals surface area contributed by atoms with Gasteiger partial charge in [0.05, 0.1) is 11.4 Å². The summed E-state index contributed by atoms with van der Waals surface area (Å²) in [6.45, 7) is 3.74. The van der Waals surface area contributed by atoms with Crippen molar-refractivity contribution >= 4 is 17.2 Å². The van der Waals surface area contributed by atoms with Crippen LogP contribution in [-0.4, -0.2) is 30.9 Å². The highest BCUT2D eigenvalue weighted by atomic mass is 16.5. The minimum Gasteiger partial charge on any atom is -0.361 e. The Morgan fingerprint density at radius 1 is 1.22 bits per heavy atom. The van der Waals surface area contributed by atoms with Crippen LogP contribution in [0.5, 0.6) is 0 Å². The molecule has 8 heteroatoms. The Bertz CT molecular complexity index is 1090. The molecule has 0 aliphatic rings. The van der Waals surface area contributed by atoms with E-state index in [1.165, 1.54) is 0 Å². The van der Waals surface area contributed by atoms with Crippen molar-refractivity contribution in [1.82, 2.24) is 25.0 Å². The number of amides is 1. The van der Waals surface area contributed by atoms with Gasteiger partial charge in [0.25, 0.3) is 0 Å². The molecule has 8 nitrogen and oxygen atoms in total. The highest BCUT2D eigenvalue weighted by Crippen LogP contribution is 2.21. The predicted molar refractivity (Wildman–Crippen MR) is 99.1 cm³/mol. The zero-order valence-electron chi connectivity index (χ0n) is 15.0. The third kappa shape index (κ3) is 3.55. The van der Waals surface area contributed by atoms with Gasteiger partial charge in [-0.1, -0.05) is 17.3 Å². The van der Waals surface area contributed by atoms with E-state index in [2.05, 4.69) is 25.8 Å². The third-order valence-corrected chi connectivity index (χ3v) is 4.39. The van der Waals surface area contributed by atoms with E-state index in [1.54, 1.807) is 10.8 Å². The Morgan fingerprint density at radius 3 is 2.93 bits per heavy atom. The lowest BCUT2D eigenvalue weighted by molar-refractivity contribution is -0.116. The topological polar surface area (TPSA) is 98.2 Å². The van der Waals surface area contributed by atoms with Gasteiger partial charge in [-0.05, 0) is 44.5 Å². The molecule has 0 saturated carbocycles. The van der Waals surface area contributed by atoms with Crippen molar-refractivity contribution in [3.8, 4) is 11.3 Å². The van der Waals surface area contributed by atoms with Gasteiger partial charge in [-0.3, -0.25) is 4.79 Å². The summed E-state index contributed by atoms with van der Waals surface area (Å²) in [5.41, 5.74) is 4.90. The van der Waals surface area contributed by atoms with Gasteiger partial charge >= 0.3 is 0 Å². The first kappa shape index (κ1) is 16.9. The Labute approximate surface area is 155 Å².